The number of nitrogens with zero attached hydrogens (tertiary/aromatic N) is 1. The fourth-order valence-corrected chi connectivity index (χ4v) is 3.67. The van der Waals surface area contributed by atoms with E-state index in [4.69, 9.17) is 0 Å². The summed E-state index contributed by atoms with van der Waals surface area (Å²) in [6.07, 6.45) is -2.73. The van der Waals surface area contributed by atoms with Crippen LogP contribution in [0.4, 0.5) is 13.2 Å². The lowest BCUT2D eigenvalue weighted by Crippen LogP contribution is -2.43. The van der Waals surface area contributed by atoms with Crippen molar-refractivity contribution in [1.82, 2.24) is 15.5 Å². The first-order valence-corrected chi connectivity index (χ1v) is 9.88. The normalized spacial score (nSPS) is 18.0. The fourth-order valence-electron chi connectivity index (χ4n) is 3.67. The average Bonchev–Trinajstić information content (AvgIpc) is 3.54. The van der Waals surface area contributed by atoms with Crippen molar-refractivity contribution in [3.63, 3.8) is 0 Å². The lowest BCUT2D eigenvalue weighted by molar-refractivity contribution is -0.137. The van der Waals surface area contributed by atoms with E-state index in [-0.39, 0.29) is 25.0 Å². The predicted octanol–water partition coefficient (Wildman–Crippen LogP) is 2.80. The van der Waals surface area contributed by atoms with Gasteiger partial charge in [0.1, 0.15) is 6.04 Å². The number of benzene rings is 2. The van der Waals surface area contributed by atoms with Gasteiger partial charge < -0.3 is 15.5 Å². The molecule has 1 fully saturated rings. The van der Waals surface area contributed by atoms with Crippen molar-refractivity contribution in [2.45, 2.75) is 37.6 Å². The van der Waals surface area contributed by atoms with Crippen LogP contribution in [0.25, 0.3) is 0 Å². The number of hydrogen-bond donors (Lipinski definition) is 2. The second-order valence-corrected chi connectivity index (χ2v) is 7.62. The Hall–Kier alpha value is -3.36. The number of alkyl halides is 3. The molecule has 2 aliphatic rings. The number of halogens is 3. The highest BCUT2D eigenvalue weighted by molar-refractivity contribution is 6.05. The molecule has 162 valence electrons. The highest BCUT2D eigenvalue weighted by Crippen LogP contribution is 2.41. The molecule has 0 radical (unpaired) electrons. The maximum absolute atomic E-state index is 12.8. The molecule has 1 aliphatic heterocycles. The zero-order valence-corrected chi connectivity index (χ0v) is 16.4. The van der Waals surface area contributed by atoms with Crippen LogP contribution in [0.15, 0.2) is 48.5 Å². The minimum Gasteiger partial charge on any atom is -0.350 e. The van der Waals surface area contributed by atoms with Gasteiger partial charge in [-0.15, -0.1) is 0 Å². The maximum Gasteiger partial charge on any atom is 0.416 e. The number of amides is 3. The number of rotatable bonds is 6. The van der Waals surface area contributed by atoms with E-state index in [1.54, 1.807) is 29.2 Å². The van der Waals surface area contributed by atoms with Crippen molar-refractivity contribution in [3.8, 4) is 0 Å². The van der Waals surface area contributed by atoms with Gasteiger partial charge in [0.15, 0.2) is 0 Å². The number of carbonyl (C=O) groups is 3. The molecule has 2 aromatic carbocycles. The van der Waals surface area contributed by atoms with Crippen LogP contribution in [0.2, 0.25) is 0 Å². The third-order valence-corrected chi connectivity index (χ3v) is 5.38. The Morgan fingerprint density at radius 1 is 1.00 bits per heavy atom. The van der Waals surface area contributed by atoms with Gasteiger partial charge in [-0.3, -0.25) is 14.4 Å². The lowest BCUT2D eigenvalue weighted by Gasteiger charge is -2.24. The maximum atomic E-state index is 12.8. The van der Waals surface area contributed by atoms with Gasteiger partial charge in [0.25, 0.3) is 5.91 Å². The molecule has 4 rings (SSSR count). The third kappa shape index (κ3) is 4.40. The molecule has 1 heterocycles. The summed E-state index contributed by atoms with van der Waals surface area (Å²) in [5, 5.41) is 5.13. The van der Waals surface area contributed by atoms with E-state index < -0.39 is 29.6 Å². The minimum atomic E-state index is -4.42. The highest BCUT2D eigenvalue weighted by Gasteiger charge is 2.47. The molecule has 9 heteroatoms. The Balaban J connectivity index is 1.33. The predicted molar refractivity (Wildman–Crippen MR) is 105 cm³/mol. The molecule has 3 amide bonds. The molecule has 0 spiro atoms. The SMILES string of the molecule is O=C(CNC(=O)C1c2ccccc2C(=O)N1C1CC1)NCc1ccc(C(F)(F)F)cc1. The van der Waals surface area contributed by atoms with E-state index in [0.717, 1.165) is 25.0 Å². The van der Waals surface area contributed by atoms with Crippen LogP contribution in [0.1, 0.15) is 45.9 Å². The summed E-state index contributed by atoms with van der Waals surface area (Å²) in [4.78, 5) is 39.2. The monoisotopic (exact) mass is 431 g/mol. The second-order valence-electron chi connectivity index (χ2n) is 7.62. The fraction of sp³-hybridized carbons (Fsp3) is 0.318. The number of hydrogen-bond acceptors (Lipinski definition) is 3. The van der Waals surface area contributed by atoms with Crippen LogP contribution < -0.4 is 10.6 Å². The lowest BCUT2D eigenvalue weighted by atomic mass is 10.0. The molecule has 31 heavy (non-hydrogen) atoms. The van der Waals surface area contributed by atoms with E-state index >= 15 is 0 Å². The van der Waals surface area contributed by atoms with Gasteiger partial charge in [-0.1, -0.05) is 30.3 Å². The Kier molecular flexibility index (Phi) is 5.43. The highest BCUT2D eigenvalue weighted by atomic mass is 19.4. The van der Waals surface area contributed by atoms with Crippen molar-refractivity contribution >= 4 is 17.7 Å². The van der Waals surface area contributed by atoms with E-state index in [1.807, 2.05) is 0 Å². The van der Waals surface area contributed by atoms with Gasteiger partial charge in [0, 0.05) is 18.2 Å². The van der Waals surface area contributed by atoms with E-state index in [9.17, 15) is 27.6 Å². The van der Waals surface area contributed by atoms with E-state index in [0.29, 0.717) is 16.7 Å². The zero-order valence-electron chi connectivity index (χ0n) is 16.4. The Bertz CT molecular complexity index is 1020. The van der Waals surface area contributed by atoms with Crippen LogP contribution in [0.3, 0.4) is 0 Å². The first-order valence-electron chi connectivity index (χ1n) is 9.88. The van der Waals surface area contributed by atoms with Gasteiger partial charge in [-0.05, 0) is 42.2 Å². The number of nitrogens with one attached hydrogen (secondary N) is 2. The van der Waals surface area contributed by atoms with Crippen LogP contribution in [0, 0.1) is 0 Å². The topological polar surface area (TPSA) is 78.5 Å². The molecule has 1 atom stereocenters. The molecule has 1 saturated carbocycles. The first kappa shape index (κ1) is 20.9. The van der Waals surface area contributed by atoms with Crippen LogP contribution in [-0.2, 0) is 22.3 Å². The molecule has 2 N–H and O–H groups in total. The molecule has 0 aromatic heterocycles. The van der Waals surface area contributed by atoms with Crippen LogP contribution >= 0.6 is 0 Å². The summed E-state index contributed by atoms with van der Waals surface area (Å²) in [6, 6.07) is 10.7. The van der Waals surface area contributed by atoms with Gasteiger partial charge in [0.2, 0.25) is 11.8 Å². The average molecular weight is 431 g/mol. The molecule has 0 bridgehead atoms. The third-order valence-electron chi connectivity index (χ3n) is 5.38. The summed E-state index contributed by atoms with van der Waals surface area (Å²) in [6.45, 7) is -0.267. The van der Waals surface area contributed by atoms with Gasteiger partial charge >= 0.3 is 6.18 Å². The summed E-state index contributed by atoms with van der Waals surface area (Å²) >= 11 is 0. The van der Waals surface area contributed by atoms with Crippen molar-refractivity contribution in [2.75, 3.05) is 6.54 Å². The van der Waals surface area contributed by atoms with Crippen LogP contribution in [0.5, 0.6) is 0 Å². The van der Waals surface area contributed by atoms with Crippen LogP contribution in [-0.4, -0.2) is 35.2 Å². The van der Waals surface area contributed by atoms with Gasteiger partial charge in [0.05, 0.1) is 12.1 Å². The standard InChI is InChI=1S/C22H20F3N3O3/c23-22(24,25)14-7-5-13(6-8-14)11-26-18(29)12-27-20(30)19-16-3-1-2-4-17(16)21(31)28(19)15-9-10-15/h1-8,15,19H,9-12H2,(H,26,29)(H,27,30). The molecule has 1 unspecified atom stereocenters. The van der Waals surface area contributed by atoms with Crippen molar-refractivity contribution in [2.24, 2.45) is 0 Å². The molecule has 6 nitrogen and oxygen atoms in total. The van der Waals surface area contributed by atoms with E-state index in [2.05, 4.69) is 10.6 Å². The smallest absolute Gasteiger partial charge is 0.350 e. The molecule has 2 aromatic rings. The largest absolute Gasteiger partial charge is 0.416 e. The molecule has 1 aliphatic carbocycles. The zero-order chi connectivity index (χ0) is 22.2. The Labute approximate surface area is 176 Å². The number of carbonyl (C=O) groups excluding carboxylic acids is 3. The summed E-state index contributed by atoms with van der Waals surface area (Å²) in [5.41, 5.74) is 0.868. The molecular weight excluding hydrogens is 411 g/mol. The van der Waals surface area contributed by atoms with Crippen molar-refractivity contribution < 1.29 is 27.6 Å². The quantitative estimate of drug-likeness (QED) is 0.739. The minimum absolute atomic E-state index is 0.0316. The summed E-state index contributed by atoms with van der Waals surface area (Å²) < 4.78 is 37.8. The Morgan fingerprint density at radius 3 is 2.32 bits per heavy atom. The Morgan fingerprint density at radius 2 is 1.68 bits per heavy atom. The molecule has 0 saturated heterocycles. The van der Waals surface area contributed by atoms with Gasteiger partial charge in [-0.25, -0.2) is 0 Å². The van der Waals surface area contributed by atoms with Crippen molar-refractivity contribution in [1.29, 1.82) is 0 Å². The molecular formula is C22H20F3N3O3. The van der Waals surface area contributed by atoms with E-state index in [1.165, 1.54) is 12.1 Å². The van der Waals surface area contributed by atoms with Gasteiger partial charge in [-0.2, -0.15) is 13.2 Å². The first-order chi connectivity index (χ1) is 14.8. The number of fused-ring (bicyclic) bond motifs is 1. The summed E-state index contributed by atoms with van der Waals surface area (Å²) in [5.74, 6) is -1.09. The second kappa shape index (κ2) is 8.05. The summed E-state index contributed by atoms with van der Waals surface area (Å²) in [7, 11) is 0. The van der Waals surface area contributed by atoms with Crippen molar-refractivity contribution in [3.05, 3.63) is 70.8 Å².